The van der Waals surface area contributed by atoms with E-state index in [1.807, 2.05) is 19.1 Å². The fourth-order valence-electron chi connectivity index (χ4n) is 2.35. The highest BCUT2D eigenvalue weighted by Gasteiger charge is 2.23. The molecule has 4 nitrogen and oxygen atoms in total. The largest absolute Gasteiger partial charge is 0.314 e. The van der Waals surface area contributed by atoms with Crippen LogP contribution < -0.4 is 10.5 Å². The molecule has 3 N–H and O–H groups in total. The van der Waals surface area contributed by atoms with E-state index in [4.69, 9.17) is 5.14 Å². The standard InChI is InChI=1S/C13H22N2O2S/c1-4-11(10(3)15-5-2)12-8-6-7-9-13(12)18(14,16)17/h6-11,15H,4-5H2,1-3H3,(H2,14,16,17). The molecule has 0 aliphatic carbocycles. The second-order valence-corrected chi connectivity index (χ2v) is 5.97. The van der Waals surface area contributed by atoms with E-state index < -0.39 is 10.0 Å². The van der Waals surface area contributed by atoms with E-state index in [1.54, 1.807) is 12.1 Å². The number of hydrogen-bond acceptors (Lipinski definition) is 3. The maximum absolute atomic E-state index is 11.6. The molecule has 18 heavy (non-hydrogen) atoms. The van der Waals surface area contributed by atoms with Crippen molar-refractivity contribution in [2.24, 2.45) is 5.14 Å². The topological polar surface area (TPSA) is 72.2 Å². The van der Waals surface area contributed by atoms with Crippen LogP contribution >= 0.6 is 0 Å². The van der Waals surface area contributed by atoms with Crippen molar-refractivity contribution >= 4 is 10.0 Å². The van der Waals surface area contributed by atoms with Crippen LogP contribution in [-0.4, -0.2) is 21.0 Å². The Bertz CT molecular complexity index is 486. The number of rotatable bonds is 6. The zero-order chi connectivity index (χ0) is 13.8. The van der Waals surface area contributed by atoms with Crippen molar-refractivity contribution < 1.29 is 8.42 Å². The number of nitrogens with two attached hydrogens (primary N) is 1. The number of likely N-dealkylation sites (N-methyl/N-ethyl adjacent to an activating group) is 1. The molecule has 0 saturated heterocycles. The van der Waals surface area contributed by atoms with Gasteiger partial charge in [-0.2, -0.15) is 0 Å². The van der Waals surface area contributed by atoms with E-state index in [0.717, 1.165) is 18.5 Å². The molecule has 2 unspecified atom stereocenters. The lowest BCUT2D eigenvalue weighted by Crippen LogP contribution is -2.32. The Labute approximate surface area is 110 Å². The normalized spacial score (nSPS) is 15.3. The summed E-state index contributed by atoms with van der Waals surface area (Å²) in [5.74, 6) is 0.138. The molecule has 0 aliphatic rings. The molecule has 0 radical (unpaired) electrons. The molecule has 1 aromatic carbocycles. The fourth-order valence-corrected chi connectivity index (χ4v) is 3.17. The van der Waals surface area contributed by atoms with Crippen molar-refractivity contribution in [2.45, 2.75) is 44.0 Å². The average Bonchev–Trinajstić information content (AvgIpc) is 2.29. The third kappa shape index (κ3) is 3.54. The van der Waals surface area contributed by atoms with Crippen LogP contribution in [0.5, 0.6) is 0 Å². The highest BCUT2D eigenvalue weighted by Crippen LogP contribution is 2.28. The predicted molar refractivity (Wildman–Crippen MR) is 74.0 cm³/mol. The lowest BCUT2D eigenvalue weighted by Gasteiger charge is -2.25. The number of sulfonamides is 1. The van der Waals surface area contributed by atoms with Crippen LogP contribution in [0.25, 0.3) is 0 Å². The van der Waals surface area contributed by atoms with Gasteiger partial charge in [0.15, 0.2) is 0 Å². The van der Waals surface area contributed by atoms with Gasteiger partial charge in [0.25, 0.3) is 0 Å². The first-order valence-corrected chi connectivity index (χ1v) is 7.81. The monoisotopic (exact) mass is 270 g/mol. The first kappa shape index (κ1) is 15.1. The van der Waals surface area contributed by atoms with Gasteiger partial charge in [0, 0.05) is 12.0 Å². The van der Waals surface area contributed by atoms with E-state index >= 15 is 0 Å². The third-order valence-electron chi connectivity index (χ3n) is 3.19. The Morgan fingerprint density at radius 3 is 2.39 bits per heavy atom. The van der Waals surface area contributed by atoms with Gasteiger partial charge in [-0.3, -0.25) is 0 Å². The van der Waals surface area contributed by atoms with Crippen LogP contribution in [-0.2, 0) is 10.0 Å². The Kier molecular flexibility index (Phi) is 5.31. The van der Waals surface area contributed by atoms with Gasteiger partial charge in [-0.25, -0.2) is 13.6 Å². The molecule has 0 fully saturated rings. The maximum Gasteiger partial charge on any atom is 0.238 e. The minimum Gasteiger partial charge on any atom is -0.314 e. The van der Waals surface area contributed by atoms with Gasteiger partial charge in [-0.05, 0) is 31.5 Å². The van der Waals surface area contributed by atoms with Crippen LogP contribution in [0.15, 0.2) is 29.2 Å². The summed E-state index contributed by atoms with van der Waals surface area (Å²) in [6.07, 6.45) is 0.862. The minimum absolute atomic E-state index is 0.138. The Morgan fingerprint density at radius 1 is 1.28 bits per heavy atom. The van der Waals surface area contributed by atoms with E-state index in [9.17, 15) is 8.42 Å². The van der Waals surface area contributed by atoms with Crippen LogP contribution in [0.1, 0.15) is 38.7 Å². The molecular weight excluding hydrogens is 248 g/mol. The van der Waals surface area contributed by atoms with Crippen molar-refractivity contribution in [2.75, 3.05) is 6.54 Å². The molecule has 0 aromatic heterocycles. The van der Waals surface area contributed by atoms with Crippen molar-refractivity contribution in [3.63, 3.8) is 0 Å². The summed E-state index contributed by atoms with van der Waals surface area (Å²) in [4.78, 5) is 0.238. The Hall–Kier alpha value is -0.910. The molecule has 5 heteroatoms. The molecule has 0 amide bonds. The Balaban J connectivity index is 3.22. The van der Waals surface area contributed by atoms with Crippen LogP contribution in [0.4, 0.5) is 0 Å². The molecule has 0 spiro atoms. The first-order chi connectivity index (χ1) is 8.41. The van der Waals surface area contributed by atoms with Crippen molar-refractivity contribution in [1.82, 2.24) is 5.32 Å². The zero-order valence-corrected chi connectivity index (χ0v) is 12.0. The molecule has 0 bridgehead atoms. The maximum atomic E-state index is 11.6. The minimum atomic E-state index is -3.66. The molecule has 0 saturated carbocycles. The summed E-state index contributed by atoms with van der Waals surface area (Å²) in [5.41, 5.74) is 0.802. The Morgan fingerprint density at radius 2 is 1.89 bits per heavy atom. The number of nitrogens with one attached hydrogen (secondary N) is 1. The molecule has 1 rings (SSSR count). The van der Waals surface area contributed by atoms with E-state index in [0.29, 0.717) is 0 Å². The van der Waals surface area contributed by atoms with Crippen LogP contribution in [0.3, 0.4) is 0 Å². The molecule has 102 valence electrons. The second-order valence-electron chi connectivity index (χ2n) is 4.44. The highest BCUT2D eigenvalue weighted by molar-refractivity contribution is 7.89. The van der Waals surface area contributed by atoms with Gasteiger partial charge in [0.05, 0.1) is 4.90 Å². The average molecular weight is 270 g/mol. The molecule has 2 atom stereocenters. The summed E-state index contributed by atoms with van der Waals surface area (Å²) in [6, 6.07) is 7.19. The molecule has 0 aliphatic heterocycles. The number of benzene rings is 1. The second kappa shape index (κ2) is 6.31. The highest BCUT2D eigenvalue weighted by atomic mass is 32.2. The third-order valence-corrected chi connectivity index (χ3v) is 4.18. The molecular formula is C13H22N2O2S. The van der Waals surface area contributed by atoms with Gasteiger partial charge >= 0.3 is 0 Å². The quantitative estimate of drug-likeness (QED) is 0.828. The number of hydrogen-bond donors (Lipinski definition) is 2. The van der Waals surface area contributed by atoms with Crippen molar-refractivity contribution in [1.29, 1.82) is 0 Å². The van der Waals surface area contributed by atoms with Gasteiger partial charge in [0.2, 0.25) is 10.0 Å². The van der Waals surface area contributed by atoms with Crippen LogP contribution in [0, 0.1) is 0 Å². The first-order valence-electron chi connectivity index (χ1n) is 6.26. The fraction of sp³-hybridized carbons (Fsp3) is 0.538. The van der Waals surface area contributed by atoms with Crippen molar-refractivity contribution in [3.05, 3.63) is 29.8 Å². The SMILES string of the molecule is CCNC(C)C(CC)c1ccccc1S(N)(=O)=O. The smallest absolute Gasteiger partial charge is 0.238 e. The van der Waals surface area contributed by atoms with Gasteiger partial charge in [-0.1, -0.05) is 32.0 Å². The predicted octanol–water partition coefficient (Wildman–Crippen LogP) is 1.83. The van der Waals surface area contributed by atoms with Gasteiger partial charge in [-0.15, -0.1) is 0 Å². The lowest BCUT2D eigenvalue weighted by atomic mass is 9.90. The number of primary sulfonamides is 1. The van der Waals surface area contributed by atoms with Gasteiger partial charge in [0.1, 0.15) is 0 Å². The van der Waals surface area contributed by atoms with E-state index in [-0.39, 0.29) is 16.9 Å². The summed E-state index contributed by atoms with van der Waals surface area (Å²) in [6.45, 7) is 7.01. The summed E-state index contributed by atoms with van der Waals surface area (Å²) in [5, 5.41) is 8.61. The zero-order valence-electron chi connectivity index (χ0n) is 11.2. The van der Waals surface area contributed by atoms with Crippen molar-refractivity contribution in [3.8, 4) is 0 Å². The summed E-state index contributed by atoms with van der Waals surface area (Å²) in [7, 11) is -3.66. The molecule has 0 heterocycles. The lowest BCUT2D eigenvalue weighted by molar-refractivity contribution is 0.455. The van der Waals surface area contributed by atoms with Crippen LogP contribution in [0.2, 0.25) is 0 Å². The molecule has 1 aromatic rings. The summed E-state index contributed by atoms with van der Waals surface area (Å²) >= 11 is 0. The van der Waals surface area contributed by atoms with E-state index in [1.165, 1.54) is 0 Å². The van der Waals surface area contributed by atoms with Gasteiger partial charge < -0.3 is 5.32 Å². The van der Waals surface area contributed by atoms with E-state index in [2.05, 4.69) is 19.2 Å². The summed E-state index contributed by atoms with van der Waals surface area (Å²) < 4.78 is 23.2.